The zero-order valence-electron chi connectivity index (χ0n) is 11.5. The van der Waals surface area contributed by atoms with E-state index in [0.717, 1.165) is 5.56 Å². The topological polar surface area (TPSA) is 86.2 Å². The Labute approximate surface area is 118 Å². The fraction of sp³-hybridized carbons (Fsp3) is 0.429. The first-order valence-corrected chi connectivity index (χ1v) is 6.60. The maximum absolute atomic E-state index is 9.88. The number of benzene rings is 1. The largest absolute Gasteiger partial charge is 0.389 e. The quantitative estimate of drug-likeness (QED) is 0.784. The van der Waals surface area contributed by atoms with Crippen LogP contribution in [0.3, 0.4) is 0 Å². The monoisotopic (exact) mass is 276 g/mol. The van der Waals surface area contributed by atoms with E-state index < -0.39 is 6.10 Å². The number of rotatable bonds is 7. The molecular formula is C14H20N4O2. The molecule has 0 aliphatic carbocycles. The van der Waals surface area contributed by atoms with Crippen LogP contribution in [0.15, 0.2) is 36.5 Å². The highest BCUT2D eigenvalue weighted by atomic mass is 16.5. The van der Waals surface area contributed by atoms with Gasteiger partial charge in [0.05, 0.1) is 37.8 Å². The number of hydrogen-bond acceptors (Lipinski definition) is 5. The van der Waals surface area contributed by atoms with Crippen molar-refractivity contribution in [3.63, 3.8) is 0 Å². The Balaban J connectivity index is 1.73. The van der Waals surface area contributed by atoms with Crippen LogP contribution in [0.4, 0.5) is 0 Å². The molecule has 0 saturated carbocycles. The van der Waals surface area contributed by atoms with Crippen molar-refractivity contribution in [1.29, 1.82) is 0 Å². The summed E-state index contributed by atoms with van der Waals surface area (Å²) in [6, 6.07) is 9.69. The molecule has 2 unspecified atom stereocenters. The molecule has 3 N–H and O–H groups in total. The van der Waals surface area contributed by atoms with Gasteiger partial charge in [-0.15, -0.1) is 5.10 Å². The van der Waals surface area contributed by atoms with Crippen LogP contribution in [0.2, 0.25) is 0 Å². The highest BCUT2D eigenvalue weighted by Gasteiger charge is 2.09. The summed E-state index contributed by atoms with van der Waals surface area (Å²) in [5.41, 5.74) is 7.49. The molecule has 108 valence electrons. The van der Waals surface area contributed by atoms with Gasteiger partial charge in [0.15, 0.2) is 0 Å². The summed E-state index contributed by atoms with van der Waals surface area (Å²) in [4.78, 5) is 0. The van der Waals surface area contributed by atoms with Crippen molar-refractivity contribution in [3.05, 3.63) is 47.8 Å². The Hall–Kier alpha value is -1.76. The van der Waals surface area contributed by atoms with Gasteiger partial charge in [-0.25, -0.2) is 4.68 Å². The van der Waals surface area contributed by atoms with Gasteiger partial charge < -0.3 is 15.6 Å². The highest BCUT2D eigenvalue weighted by molar-refractivity contribution is 5.13. The number of nitrogens with two attached hydrogens (primary N) is 1. The second-order valence-corrected chi connectivity index (χ2v) is 4.81. The molecule has 0 fully saturated rings. The molecule has 1 heterocycles. The van der Waals surface area contributed by atoms with E-state index in [1.165, 1.54) is 0 Å². The van der Waals surface area contributed by atoms with E-state index in [2.05, 4.69) is 10.3 Å². The van der Waals surface area contributed by atoms with Crippen LogP contribution in [0, 0.1) is 0 Å². The van der Waals surface area contributed by atoms with E-state index in [-0.39, 0.29) is 12.6 Å². The molecule has 6 heteroatoms. The van der Waals surface area contributed by atoms with Gasteiger partial charge in [-0.3, -0.25) is 0 Å². The summed E-state index contributed by atoms with van der Waals surface area (Å²) in [6.45, 7) is 2.92. The van der Waals surface area contributed by atoms with E-state index in [1.54, 1.807) is 10.9 Å². The van der Waals surface area contributed by atoms with E-state index >= 15 is 0 Å². The molecule has 6 nitrogen and oxygen atoms in total. The van der Waals surface area contributed by atoms with Crippen molar-refractivity contribution in [3.8, 4) is 0 Å². The molecule has 0 saturated heterocycles. The molecule has 0 aliphatic heterocycles. The Morgan fingerprint density at radius 3 is 2.75 bits per heavy atom. The minimum atomic E-state index is -0.624. The van der Waals surface area contributed by atoms with Crippen LogP contribution in [0.1, 0.15) is 24.2 Å². The summed E-state index contributed by atoms with van der Waals surface area (Å²) in [5, 5.41) is 17.7. The molecule has 0 spiro atoms. The number of nitrogens with zero attached hydrogens (tertiary/aromatic N) is 3. The van der Waals surface area contributed by atoms with Crippen LogP contribution in [-0.2, 0) is 17.9 Å². The molecular weight excluding hydrogens is 256 g/mol. The SMILES string of the molecule is CC(N)c1cn(CC(O)COCc2ccccc2)nn1. The van der Waals surface area contributed by atoms with Gasteiger partial charge in [0.1, 0.15) is 0 Å². The van der Waals surface area contributed by atoms with Crippen LogP contribution in [0.5, 0.6) is 0 Å². The van der Waals surface area contributed by atoms with E-state index in [1.807, 2.05) is 37.3 Å². The van der Waals surface area contributed by atoms with Crippen molar-refractivity contribution in [1.82, 2.24) is 15.0 Å². The lowest BCUT2D eigenvalue weighted by atomic mass is 10.2. The molecule has 1 aromatic heterocycles. The molecule has 0 aliphatic rings. The van der Waals surface area contributed by atoms with E-state index in [0.29, 0.717) is 18.8 Å². The van der Waals surface area contributed by atoms with Crippen molar-refractivity contribution in [2.75, 3.05) is 6.61 Å². The van der Waals surface area contributed by atoms with Crippen molar-refractivity contribution in [2.24, 2.45) is 5.73 Å². The first-order valence-electron chi connectivity index (χ1n) is 6.60. The summed E-state index contributed by atoms with van der Waals surface area (Å²) >= 11 is 0. The molecule has 2 rings (SSSR count). The Bertz CT molecular complexity index is 513. The summed E-state index contributed by atoms with van der Waals surface area (Å²) in [7, 11) is 0. The van der Waals surface area contributed by atoms with Crippen LogP contribution in [0.25, 0.3) is 0 Å². The molecule has 2 atom stereocenters. The number of aliphatic hydroxyl groups excluding tert-OH is 1. The second-order valence-electron chi connectivity index (χ2n) is 4.81. The standard InChI is InChI=1S/C14H20N4O2/c1-11(15)14-8-18(17-16-14)7-13(19)10-20-9-12-5-3-2-4-6-12/h2-6,8,11,13,19H,7,9-10,15H2,1H3. The minimum absolute atomic E-state index is 0.157. The molecule has 0 amide bonds. The molecule has 0 radical (unpaired) electrons. The zero-order chi connectivity index (χ0) is 14.4. The minimum Gasteiger partial charge on any atom is -0.389 e. The molecule has 1 aromatic carbocycles. The van der Waals surface area contributed by atoms with Crippen LogP contribution in [-0.4, -0.2) is 32.8 Å². The zero-order valence-corrected chi connectivity index (χ0v) is 11.5. The number of ether oxygens (including phenoxy) is 1. The maximum atomic E-state index is 9.88. The van der Waals surface area contributed by atoms with Gasteiger partial charge in [-0.2, -0.15) is 0 Å². The predicted octanol–water partition coefficient (Wildman–Crippen LogP) is 0.875. The Morgan fingerprint density at radius 2 is 2.10 bits per heavy atom. The summed E-state index contributed by atoms with van der Waals surface area (Å²) < 4.78 is 7.05. The average molecular weight is 276 g/mol. The number of hydrogen-bond donors (Lipinski definition) is 2. The highest BCUT2D eigenvalue weighted by Crippen LogP contribution is 2.05. The van der Waals surface area contributed by atoms with Crippen molar-refractivity contribution >= 4 is 0 Å². The summed E-state index contributed by atoms with van der Waals surface area (Å²) in [5.74, 6) is 0. The van der Waals surface area contributed by atoms with Crippen LogP contribution < -0.4 is 5.73 Å². The normalized spacial score (nSPS) is 14.2. The van der Waals surface area contributed by atoms with Gasteiger partial charge in [0, 0.05) is 6.04 Å². The summed E-state index contributed by atoms with van der Waals surface area (Å²) in [6.07, 6.45) is 1.12. The lowest BCUT2D eigenvalue weighted by Gasteiger charge is -2.11. The smallest absolute Gasteiger partial charge is 0.0991 e. The van der Waals surface area contributed by atoms with Gasteiger partial charge in [-0.05, 0) is 12.5 Å². The van der Waals surface area contributed by atoms with Gasteiger partial charge in [-0.1, -0.05) is 35.5 Å². The fourth-order valence-corrected chi connectivity index (χ4v) is 1.77. The first-order chi connectivity index (χ1) is 9.65. The number of aliphatic hydroxyl groups is 1. The molecule has 20 heavy (non-hydrogen) atoms. The van der Waals surface area contributed by atoms with Gasteiger partial charge in [0.25, 0.3) is 0 Å². The Morgan fingerprint density at radius 1 is 1.35 bits per heavy atom. The molecule has 2 aromatic rings. The third-order valence-corrected chi connectivity index (χ3v) is 2.84. The third-order valence-electron chi connectivity index (χ3n) is 2.84. The van der Waals surface area contributed by atoms with E-state index in [9.17, 15) is 5.11 Å². The third kappa shape index (κ3) is 4.41. The lowest BCUT2D eigenvalue weighted by Crippen LogP contribution is -2.22. The Kier molecular flexibility index (Phi) is 5.23. The van der Waals surface area contributed by atoms with Gasteiger partial charge >= 0.3 is 0 Å². The fourth-order valence-electron chi connectivity index (χ4n) is 1.77. The predicted molar refractivity (Wildman–Crippen MR) is 74.7 cm³/mol. The van der Waals surface area contributed by atoms with Crippen molar-refractivity contribution in [2.45, 2.75) is 32.2 Å². The second kappa shape index (κ2) is 7.14. The van der Waals surface area contributed by atoms with Crippen LogP contribution >= 0.6 is 0 Å². The molecule has 0 bridgehead atoms. The first kappa shape index (κ1) is 14.6. The van der Waals surface area contributed by atoms with Gasteiger partial charge in [0.2, 0.25) is 0 Å². The average Bonchev–Trinajstić information content (AvgIpc) is 2.88. The van der Waals surface area contributed by atoms with E-state index in [4.69, 9.17) is 10.5 Å². The maximum Gasteiger partial charge on any atom is 0.0991 e. The number of aromatic nitrogens is 3. The van der Waals surface area contributed by atoms with Crippen molar-refractivity contribution < 1.29 is 9.84 Å². The lowest BCUT2D eigenvalue weighted by molar-refractivity contribution is 0.0184.